The number of rotatable bonds is 3. The van der Waals surface area contributed by atoms with Gasteiger partial charge in [0.25, 0.3) is 0 Å². The molecule has 0 unspecified atom stereocenters. The number of hydrogen-bond donors (Lipinski definition) is 1. The lowest BCUT2D eigenvalue weighted by atomic mass is 10.1. The Bertz CT molecular complexity index is 327. The molecule has 0 fully saturated rings. The molecule has 0 aromatic heterocycles. The Morgan fingerprint density at radius 2 is 1.86 bits per heavy atom. The van der Waals surface area contributed by atoms with Gasteiger partial charge in [-0.15, -0.1) is 6.42 Å². The summed E-state index contributed by atoms with van der Waals surface area (Å²) in [4.78, 5) is 0. The molecule has 1 heteroatoms. The first-order valence-electron chi connectivity index (χ1n) is 4.82. The van der Waals surface area contributed by atoms with Crippen molar-refractivity contribution in [2.45, 2.75) is 32.9 Å². The molecule has 0 amide bonds. The van der Waals surface area contributed by atoms with Crippen molar-refractivity contribution < 1.29 is 0 Å². The fourth-order valence-electron chi connectivity index (χ4n) is 1.08. The van der Waals surface area contributed by atoms with Gasteiger partial charge in [-0.1, -0.05) is 35.7 Å². The maximum absolute atomic E-state index is 5.38. The summed E-state index contributed by atoms with van der Waals surface area (Å²) in [7, 11) is 0. The number of hydrogen-bond acceptors (Lipinski definition) is 1. The van der Waals surface area contributed by atoms with E-state index in [-0.39, 0.29) is 5.54 Å². The average Bonchev–Trinajstić information content (AvgIpc) is 2.17. The summed E-state index contributed by atoms with van der Waals surface area (Å²) >= 11 is 0. The lowest BCUT2D eigenvalue weighted by Gasteiger charge is -2.19. The van der Waals surface area contributed by atoms with Gasteiger partial charge in [0.05, 0.1) is 5.54 Å². The molecule has 14 heavy (non-hydrogen) atoms. The van der Waals surface area contributed by atoms with Gasteiger partial charge in [-0.3, -0.25) is 5.32 Å². The Balaban J connectivity index is 2.55. The number of benzene rings is 1. The van der Waals surface area contributed by atoms with Gasteiger partial charge in [0, 0.05) is 6.54 Å². The van der Waals surface area contributed by atoms with Gasteiger partial charge in [0.2, 0.25) is 0 Å². The molecule has 1 nitrogen and oxygen atoms in total. The van der Waals surface area contributed by atoms with Crippen molar-refractivity contribution in [3.63, 3.8) is 0 Å². The van der Waals surface area contributed by atoms with E-state index in [9.17, 15) is 0 Å². The van der Waals surface area contributed by atoms with Crippen LogP contribution in [-0.2, 0) is 6.54 Å². The lowest BCUT2D eigenvalue weighted by molar-refractivity contribution is 0.491. The Morgan fingerprint density at radius 1 is 1.29 bits per heavy atom. The molecule has 1 rings (SSSR count). The third-order valence-corrected chi connectivity index (χ3v) is 2.22. The van der Waals surface area contributed by atoms with Crippen LogP contribution >= 0.6 is 0 Å². The highest BCUT2D eigenvalue weighted by atomic mass is 14.9. The molecule has 0 saturated carbocycles. The molecule has 1 aromatic carbocycles. The molecule has 0 bridgehead atoms. The summed E-state index contributed by atoms with van der Waals surface area (Å²) in [6, 6.07) is 8.46. The van der Waals surface area contributed by atoms with E-state index in [0.29, 0.717) is 0 Å². The van der Waals surface area contributed by atoms with E-state index < -0.39 is 0 Å². The summed E-state index contributed by atoms with van der Waals surface area (Å²) in [6.45, 7) is 6.91. The lowest BCUT2D eigenvalue weighted by Crippen LogP contribution is -2.36. The van der Waals surface area contributed by atoms with Crippen molar-refractivity contribution in [3.8, 4) is 12.3 Å². The van der Waals surface area contributed by atoms with E-state index in [1.807, 2.05) is 13.8 Å². The highest BCUT2D eigenvalue weighted by molar-refractivity contribution is 5.21. The van der Waals surface area contributed by atoms with Crippen molar-refractivity contribution in [2.75, 3.05) is 0 Å². The van der Waals surface area contributed by atoms with Crippen LogP contribution in [0, 0.1) is 19.3 Å². The zero-order chi connectivity index (χ0) is 10.6. The first-order valence-corrected chi connectivity index (χ1v) is 4.82. The van der Waals surface area contributed by atoms with Crippen molar-refractivity contribution in [2.24, 2.45) is 0 Å². The molecule has 0 atom stereocenters. The van der Waals surface area contributed by atoms with E-state index in [1.165, 1.54) is 11.1 Å². The second kappa shape index (κ2) is 4.30. The van der Waals surface area contributed by atoms with Crippen molar-refractivity contribution in [1.29, 1.82) is 0 Å². The molecule has 0 aliphatic heterocycles. The fraction of sp³-hybridized carbons (Fsp3) is 0.385. The maximum Gasteiger partial charge on any atom is 0.0743 e. The summed E-state index contributed by atoms with van der Waals surface area (Å²) < 4.78 is 0. The van der Waals surface area contributed by atoms with E-state index in [1.54, 1.807) is 0 Å². The minimum Gasteiger partial charge on any atom is -0.298 e. The van der Waals surface area contributed by atoms with Crippen molar-refractivity contribution in [3.05, 3.63) is 35.4 Å². The summed E-state index contributed by atoms with van der Waals surface area (Å²) in [6.07, 6.45) is 5.38. The third-order valence-electron chi connectivity index (χ3n) is 2.22. The minimum atomic E-state index is -0.231. The normalized spacial score (nSPS) is 11.0. The molecular weight excluding hydrogens is 170 g/mol. The number of aryl methyl sites for hydroxylation is 1. The van der Waals surface area contributed by atoms with Gasteiger partial charge in [-0.05, 0) is 26.3 Å². The van der Waals surface area contributed by atoms with Crippen molar-refractivity contribution >= 4 is 0 Å². The van der Waals surface area contributed by atoms with Gasteiger partial charge < -0.3 is 0 Å². The standard InChI is InChI=1S/C13H17N/c1-5-13(3,4)14-10-12-8-6-11(2)7-9-12/h1,6-9,14H,10H2,2-4H3. The average molecular weight is 187 g/mol. The second-order valence-electron chi connectivity index (χ2n) is 4.11. The van der Waals surface area contributed by atoms with Crippen LogP contribution in [0.25, 0.3) is 0 Å². The Labute approximate surface area is 86.5 Å². The third kappa shape index (κ3) is 3.24. The van der Waals surface area contributed by atoms with Gasteiger partial charge in [0.15, 0.2) is 0 Å². The predicted molar refractivity (Wildman–Crippen MR) is 60.9 cm³/mol. The van der Waals surface area contributed by atoms with Crippen LogP contribution < -0.4 is 5.32 Å². The van der Waals surface area contributed by atoms with Crippen LogP contribution in [0.4, 0.5) is 0 Å². The van der Waals surface area contributed by atoms with Gasteiger partial charge in [-0.25, -0.2) is 0 Å². The highest BCUT2D eigenvalue weighted by Gasteiger charge is 2.11. The Hall–Kier alpha value is -1.26. The zero-order valence-corrected chi connectivity index (χ0v) is 9.09. The first kappa shape index (κ1) is 10.8. The molecule has 0 spiro atoms. The van der Waals surface area contributed by atoms with E-state index >= 15 is 0 Å². The number of nitrogens with one attached hydrogen (secondary N) is 1. The molecule has 0 aliphatic rings. The monoisotopic (exact) mass is 187 g/mol. The summed E-state index contributed by atoms with van der Waals surface area (Å²) in [5.74, 6) is 2.71. The molecule has 74 valence electrons. The second-order valence-corrected chi connectivity index (χ2v) is 4.11. The SMILES string of the molecule is C#CC(C)(C)NCc1ccc(C)cc1. The summed E-state index contributed by atoms with van der Waals surface area (Å²) in [5, 5.41) is 3.31. The summed E-state index contributed by atoms with van der Waals surface area (Å²) in [5.41, 5.74) is 2.31. The highest BCUT2D eigenvalue weighted by Crippen LogP contribution is 2.05. The Morgan fingerprint density at radius 3 is 2.36 bits per heavy atom. The maximum atomic E-state index is 5.38. The molecule has 0 aliphatic carbocycles. The van der Waals surface area contributed by atoms with E-state index in [0.717, 1.165) is 6.54 Å². The smallest absolute Gasteiger partial charge is 0.0743 e. The fourth-order valence-corrected chi connectivity index (χ4v) is 1.08. The van der Waals surface area contributed by atoms with E-state index in [4.69, 9.17) is 6.42 Å². The topological polar surface area (TPSA) is 12.0 Å². The molecule has 0 radical (unpaired) electrons. The quantitative estimate of drug-likeness (QED) is 0.717. The van der Waals surface area contributed by atoms with Crippen molar-refractivity contribution in [1.82, 2.24) is 5.32 Å². The largest absolute Gasteiger partial charge is 0.298 e. The molecule has 0 saturated heterocycles. The van der Waals surface area contributed by atoms with Crippen LogP contribution in [0.5, 0.6) is 0 Å². The van der Waals surface area contributed by atoms with Crippen LogP contribution in [0.1, 0.15) is 25.0 Å². The van der Waals surface area contributed by atoms with Crippen LogP contribution in [0.15, 0.2) is 24.3 Å². The predicted octanol–water partition coefficient (Wildman–Crippen LogP) is 2.50. The van der Waals surface area contributed by atoms with Gasteiger partial charge >= 0.3 is 0 Å². The first-order chi connectivity index (χ1) is 6.53. The Kier molecular flexibility index (Phi) is 3.33. The zero-order valence-electron chi connectivity index (χ0n) is 9.09. The minimum absolute atomic E-state index is 0.231. The molecule has 1 N–H and O–H groups in total. The number of terminal acetylenes is 1. The van der Waals surface area contributed by atoms with Gasteiger partial charge in [-0.2, -0.15) is 0 Å². The molecule has 0 heterocycles. The van der Waals surface area contributed by atoms with Crippen LogP contribution in [-0.4, -0.2) is 5.54 Å². The van der Waals surface area contributed by atoms with E-state index in [2.05, 4.69) is 42.4 Å². The molecule has 1 aromatic rings. The van der Waals surface area contributed by atoms with Crippen LogP contribution in [0.2, 0.25) is 0 Å². The van der Waals surface area contributed by atoms with Gasteiger partial charge in [0.1, 0.15) is 0 Å². The van der Waals surface area contributed by atoms with Crippen LogP contribution in [0.3, 0.4) is 0 Å². The molecular formula is C13H17N.